The molecule has 16 atom stereocenters. The number of nitrogens with one attached hydrogen (secondary N) is 13. The van der Waals surface area contributed by atoms with Gasteiger partial charge in [0.05, 0.1) is 38.0 Å². The number of amides is 15. The van der Waals surface area contributed by atoms with Crippen LogP contribution >= 0.6 is 0 Å². The number of carbonyl (C=O) groups excluding carboxylic acids is 15. The maximum Gasteiger partial charge on any atom is 0.490 e. The lowest BCUT2D eigenvalue weighted by Crippen LogP contribution is -2.62. The van der Waals surface area contributed by atoms with Gasteiger partial charge in [-0.05, 0) is 171 Å². The highest BCUT2D eigenvalue weighted by Crippen LogP contribution is 2.20. The summed E-state index contributed by atoms with van der Waals surface area (Å²) in [5.41, 5.74) is 44.1. The van der Waals surface area contributed by atoms with E-state index in [0.717, 1.165) is 13.8 Å². The van der Waals surface area contributed by atoms with Crippen molar-refractivity contribution in [1.82, 2.24) is 78.9 Å². The van der Waals surface area contributed by atoms with Gasteiger partial charge in [0.15, 0.2) is 11.9 Å². The molecule has 0 unspecified atom stereocenters. The van der Waals surface area contributed by atoms with Crippen LogP contribution in [0.1, 0.15) is 144 Å². The van der Waals surface area contributed by atoms with E-state index in [0.29, 0.717) is 45.1 Å². The van der Waals surface area contributed by atoms with Crippen molar-refractivity contribution in [3.05, 3.63) is 0 Å². The number of nitrogens with two attached hydrogens (primary N) is 8. The summed E-state index contributed by atoms with van der Waals surface area (Å²) in [6.45, 7) is 4.29. The molecule has 0 saturated carbocycles. The fraction of sp³-hybridized carbons (Fsp3) is 0.725. The monoisotopic (exact) mass is 1730 g/mol. The number of hydrogen-bond donors (Lipinski definition) is 27. The van der Waals surface area contributed by atoms with Crippen LogP contribution in [0.3, 0.4) is 0 Å². The van der Waals surface area contributed by atoms with Gasteiger partial charge in [0, 0.05) is 26.1 Å². The van der Waals surface area contributed by atoms with E-state index in [-0.39, 0.29) is 102 Å². The third kappa shape index (κ3) is 44.2. The van der Waals surface area contributed by atoms with Gasteiger partial charge in [-0.2, -0.15) is 13.2 Å². The van der Waals surface area contributed by atoms with E-state index in [1.54, 1.807) is 14.1 Å². The van der Waals surface area contributed by atoms with Crippen LogP contribution in [0.5, 0.6) is 0 Å². The van der Waals surface area contributed by atoms with E-state index in [2.05, 4.69) is 79.1 Å². The maximum atomic E-state index is 14.4. The second kappa shape index (κ2) is 57.2. The molecular weight excluding hydrogens is 1600 g/mol. The topological polar surface area (TPSA) is 807 Å². The van der Waals surface area contributed by atoms with Crippen LogP contribution in [0, 0.1) is 0 Å². The molecule has 15 amide bonds. The molecule has 120 heavy (non-hydrogen) atoms. The van der Waals surface area contributed by atoms with Gasteiger partial charge in [0.1, 0.15) is 78.5 Å². The molecule has 0 aliphatic carbocycles. The molecule has 1 fully saturated rings. The van der Waals surface area contributed by atoms with Gasteiger partial charge in [-0.1, -0.05) is 0 Å². The summed E-state index contributed by atoms with van der Waals surface area (Å²) in [5.74, 6) is -19.3. The zero-order valence-corrected chi connectivity index (χ0v) is 68.3. The molecule has 0 aromatic heterocycles. The minimum atomic E-state index is -5.08. The summed E-state index contributed by atoms with van der Waals surface area (Å²) < 4.78 is 31.7. The number of aliphatic carboxylic acids is 2. The number of aliphatic imine (C=N–C) groups is 2. The summed E-state index contributed by atoms with van der Waals surface area (Å²) >= 11 is 0. The quantitative estimate of drug-likeness (QED) is 0.0153. The van der Waals surface area contributed by atoms with E-state index in [1.807, 2.05) is 4.90 Å². The van der Waals surface area contributed by atoms with Crippen LogP contribution in [0.15, 0.2) is 9.98 Å². The Balaban J connectivity index is 0.0000193. The minimum absolute atomic E-state index is 0.0103. The van der Waals surface area contributed by atoms with E-state index in [1.165, 1.54) is 25.7 Å². The van der Waals surface area contributed by atoms with Crippen molar-refractivity contribution in [2.45, 2.75) is 247 Å². The van der Waals surface area contributed by atoms with Crippen LogP contribution in [-0.4, -0.2) is 329 Å². The van der Waals surface area contributed by atoms with Crippen molar-refractivity contribution < 1.29 is 125 Å². The number of carbonyl (C=O) groups is 17. The number of aliphatic hydroxyl groups is 4. The second-order valence-corrected chi connectivity index (χ2v) is 28.4. The Kier molecular flexibility index (Phi) is 52.0. The fourth-order valence-corrected chi connectivity index (χ4v) is 11.1. The summed E-state index contributed by atoms with van der Waals surface area (Å²) in [4.78, 5) is 235. The summed E-state index contributed by atoms with van der Waals surface area (Å²) in [5, 5.41) is 89.6. The standard InChI is InChI=1S/C67H123N25O21.C2HF3O2/c1-34(80-63(110)52(38(5)96)90-58(105)43(23-24-47(70)97)85-55(102)41(18-9-12-26-69)86-61(108)50(71)36(3)94)53(100)83-42(20-14-27-76-66(72)73)56(103)84-40(19-10-13-29-91(6)7)57(104)88-45(33-93)59(106)89-51(37(4)95)62(109)79-31-48(98)78-32-49(99)82-39(17-8-11-25-68)54(101)81-35(2)64(111)92-30-16-22-46(92)60(107)87-44(65(112)113)21-15-28-77-67(74)75;3-2(4,5)1(6)7/h34-46,50-52,93-96H,8-33,68-69,71H2,1-7H3,(H2,70,97)(H,78,98)(H,79,109)(H,80,110)(H,81,101)(H,82,99)(H,83,100)(H,84,103)(H,85,102)(H,86,108)(H,87,107)(H,88,104)(H,89,106)(H,90,105)(H,112,113)(H4,72,73,76)(H4,74,75,77);(H,6,7)/t34-,35-,36+,37+,38+,39-,40-,41-,42-,43-,44-,45-,46-,50-,51-,52-;/m0./s1. The number of carboxylic acid groups (broad SMARTS) is 2. The molecule has 0 aromatic carbocycles. The lowest BCUT2D eigenvalue weighted by Gasteiger charge is -2.29. The SMILES string of the molecule is C[C@H](NC(=O)[C@@H](NC(=O)[C@H](CCC(N)=O)NC(=O)[C@H](CCCCN)NC(=O)[C@@H](N)[C@@H](C)O)[C@@H](C)O)C(=O)N[C@@H](CCCN=C(N)N)C(=O)N[C@@H](CCCCN(C)C)C(=O)N[C@@H](CO)C(=O)N[C@H](C(=O)NCC(=O)NCC(=O)N[C@@H](CCCCN)C(=O)N[C@@H](C)C(=O)N1CCC[C@H]1C(=O)N[C@@H](CCCN=C(N)N)C(=O)O)[C@@H](C)O.O=C(O)C(F)(F)F. The Bertz CT molecular complexity index is 3450. The number of alkyl halides is 3. The Morgan fingerprint density at radius 1 is 0.467 bits per heavy atom. The fourth-order valence-electron chi connectivity index (χ4n) is 11.1. The van der Waals surface area contributed by atoms with Gasteiger partial charge in [-0.15, -0.1) is 0 Å². The average Bonchev–Trinajstić information content (AvgIpc) is 1.67. The number of aliphatic hydroxyl groups excluding tert-OH is 4. The number of guanidine groups is 2. The summed E-state index contributed by atoms with van der Waals surface area (Å²) in [7, 11) is 3.56. The van der Waals surface area contributed by atoms with Gasteiger partial charge < -0.3 is 155 Å². The Hall–Kier alpha value is -11.0. The third-order valence-electron chi connectivity index (χ3n) is 17.8. The summed E-state index contributed by atoms with van der Waals surface area (Å²) in [6.07, 6.45) is -8.14. The lowest BCUT2D eigenvalue weighted by molar-refractivity contribution is -0.192. The molecule has 1 saturated heterocycles. The number of hydrogen-bond acceptors (Lipinski definition) is 27. The number of carboxylic acids is 2. The summed E-state index contributed by atoms with van der Waals surface area (Å²) in [6, 6.07) is -19.6. The molecule has 684 valence electrons. The van der Waals surface area contributed by atoms with Crippen molar-refractivity contribution in [2.24, 2.45) is 55.9 Å². The third-order valence-corrected chi connectivity index (χ3v) is 17.8. The zero-order chi connectivity index (χ0) is 91.9. The highest BCUT2D eigenvalue weighted by Gasteiger charge is 2.41. The molecule has 0 spiro atoms. The number of rotatable bonds is 56. The normalized spacial score (nSPS) is 16.1. The molecule has 35 N–H and O–H groups in total. The van der Waals surface area contributed by atoms with E-state index >= 15 is 0 Å². The number of nitrogens with zero attached hydrogens (tertiary/aromatic N) is 4. The van der Waals surface area contributed by atoms with Gasteiger partial charge in [0.25, 0.3) is 0 Å². The van der Waals surface area contributed by atoms with Crippen LogP contribution in [0.25, 0.3) is 0 Å². The molecule has 1 aliphatic rings. The van der Waals surface area contributed by atoms with Gasteiger partial charge in [-0.3, -0.25) is 81.9 Å². The van der Waals surface area contributed by atoms with Crippen LogP contribution in [0.2, 0.25) is 0 Å². The Morgan fingerprint density at radius 2 is 0.867 bits per heavy atom. The first-order chi connectivity index (χ1) is 56.0. The smallest absolute Gasteiger partial charge is 0.480 e. The van der Waals surface area contributed by atoms with Crippen molar-refractivity contribution in [3.8, 4) is 0 Å². The molecule has 0 radical (unpaired) electrons. The zero-order valence-electron chi connectivity index (χ0n) is 68.3. The maximum absolute atomic E-state index is 14.4. The molecule has 1 aliphatic heterocycles. The lowest BCUT2D eigenvalue weighted by atomic mass is 10.0. The molecule has 1 heterocycles. The van der Waals surface area contributed by atoms with Crippen LogP contribution in [0.4, 0.5) is 13.2 Å². The van der Waals surface area contributed by atoms with E-state index < -0.39 is 236 Å². The first-order valence-corrected chi connectivity index (χ1v) is 38.6. The molecule has 0 bridgehead atoms. The van der Waals surface area contributed by atoms with E-state index in [9.17, 15) is 115 Å². The number of likely N-dealkylation sites (tertiary alicyclic amines) is 1. The average molecular weight is 1730 g/mol. The van der Waals surface area contributed by atoms with Crippen molar-refractivity contribution >= 4 is 112 Å². The first kappa shape index (κ1) is 109. The molecular formula is C69H124F3N25O23. The Labute approximate surface area is 690 Å². The largest absolute Gasteiger partial charge is 0.490 e. The van der Waals surface area contributed by atoms with Gasteiger partial charge >= 0.3 is 18.1 Å². The number of unbranched alkanes of at least 4 members (excludes halogenated alkanes) is 3. The molecule has 1 rings (SSSR count). The first-order valence-electron chi connectivity index (χ1n) is 38.6. The second-order valence-electron chi connectivity index (χ2n) is 28.4. The van der Waals surface area contributed by atoms with Crippen molar-refractivity contribution in [3.63, 3.8) is 0 Å². The highest BCUT2D eigenvalue weighted by molar-refractivity contribution is 6.00. The molecule has 51 heteroatoms. The number of primary amides is 1. The minimum Gasteiger partial charge on any atom is -0.480 e. The van der Waals surface area contributed by atoms with Gasteiger partial charge in [-0.25, -0.2) is 9.59 Å². The van der Waals surface area contributed by atoms with Crippen LogP contribution in [-0.2, 0) is 81.5 Å². The van der Waals surface area contributed by atoms with Gasteiger partial charge in [0.2, 0.25) is 88.6 Å². The predicted molar refractivity (Wildman–Crippen MR) is 421 cm³/mol. The van der Waals surface area contributed by atoms with Crippen LogP contribution < -0.4 is 115 Å². The molecule has 0 aromatic rings. The van der Waals surface area contributed by atoms with Crippen molar-refractivity contribution in [1.29, 1.82) is 0 Å². The Morgan fingerprint density at radius 3 is 1.31 bits per heavy atom. The molecule has 48 nitrogen and oxygen atoms in total. The van der Waals surface area contributed by atoms with Crippen molar-refractivity contribution in [2.75, 3.05) is 73.1 Å². The number of halogens is 3. The van der Waals surface area contributed by atoms with E-state index in [4.69, 9.17) is 55.8 Å². The predicted octanol–water partition coefficient (Wildman–Crippen LogP) is -11.9. The highest BCUT2D eigenvalue weighted by atomic mass is 19.4.